The minimum atomic E-state index is -0.796. The van der Waals surface area contributed by atoms with Gasteiger partial charge in [-0.15, -0.1) is 0 Å². The number of hydrogen-bond donors (Lipinski definition) is 1. The van der Waals surface area contributed by atoms with Crippen LogP contribution < -0.4 is 9.64 Å². The van der Waals surface area contributed by atoms with Crippen molar-refractivity contribution in [1.29, 1.82) is 0 Å². The standard InChI is InChI=1S/C29H24N2O4S/c1-15-4-7-18(8-5-15)25-24(26(32)19-9-11-22-20(14-19)13-17(3)35-22)27(33)28(34)31(25)29-30-21-10-6-16(2)12-23(21)36-29/h4-12,14,17,25,32H,13H2,1-3H3/b26-24+/t17-,25-/m0/s1. The summed E-state index contributed by atoms with van der Waals surface area (Å²) in [5.41, 5.74) is 5.15. The number of aryl methyl sites for hydroxylation is 2. The third kappa shape index (κ3) is 3.58. The van der Waals surface area contributed by atoms with Crippen LogP contribution in [0.15, 0.2) is 66.2 Å². The molecule has 4 aromatic rings. The van der Waals surface area contributed by atoms with E-state index in [9.17, 15) is 14.7 Å². The lowest BCUT2D eigenvalue weighted by atomic mass is 9.94. The Labute approximate surface area is 212 Å². The Balaban J connectivity index is 1.53. The van der Waals surface area contributed by atoms with E-state index in [1.807, 2.05) is 69.3 Å². The number of thiazole rings is 1. The third-order valence-corrected chi connectivity index (χ3v) is 7.76. The Hall–Kier alpha value is -3.97. The van der Waals surface area contributed by atoms with Crippen molar-refractivity contribution in [2.75, 3.05) is 4.90 Å². The molecule has 2 atom stereocenters. The molecule has 0 radical (unpaired) electrons. The van der Waals surface area contributed by atoms with Crippen LogP contribution in [-0.2, 0) is 16.0 Å². The first kappa shape index (κ1) is 22.5. The van der Waals surface area contributed by atoms with E-state index in [-0.39, 0.29) is 17.4 Å². The van der Waals surface area contributed by atoms with E-state index in [2.05, 4.69) is 4.98 Å². The third-order valence-electron chi connectivity index (χ3n) is 6.75. The molecule has 0 saturated carbocycles. The second-order valence-electron chi connectivity index (χ2n) is 9.50. The first-order valence-electron chi connectivity index (χ1n) is 11.8. The second kappa shape index (κ2) is 8.31. The van der Waals surface area contributed by atoms with Crippen LogP contribution in [0.3, 0.4) is 0 Å². The molecule has 36 heavy (non-hydrogen) atoms. The van der Waals surface area contributed by atoms with Gasteiger partial charge < -0.3 is 9.84 Å². The molecule has 6 nitrogen and oxygen atoms in total. The second-order valence-corrected chi connectivity index (χ2v) is 10.5. The van der Waals surface area contributed by atoms with Crippen LogP contribution >= 0.6 is 11.3 Å². The van der Waals surface area contributed by atoms with Gasteiger partial charge >= 0.3 is 5.91 Å². The van der Waals surface area contributed by atoms with E-state index in [1.165, 1.54) is 16.2 Å². The normalized spacial score (nSPS) is 20.7. The summed E-state index contributed by atoms with van der Waals surface area (Å²) in [7, 11) is 0. The van der Waals surface area contributed by atoms with Crippen LogP contribution in [-0.4, -0.2) is 27.9 Å². The minimum absolute atomic E-state index is 0.0539. The van der Waals surface area contributed by atoms with Gasteiger partial charge in [-0.3, -0.25) is 14.5 Å². The molecule has 3 aromatic carbocycles. The molecule has 0 spiro atoms. The number of aliphatic hydroxyl groups is 1. The molecular weight excluding hydrogens is 472 g/mol. The fourth-order valence-corrected chi connectivity index (χ4v) is 6.03. The van der Waals surface area contributed by atoms with Gasteiger partial charge in [-0.25, -0.2) is 4.98 Å². The van der Waals surface area contributed by atoms with Gasteiger partial charge in [-0.2, -0.15) is 0 Å². The van der Waals surface area contributed by atoms with Gasteiger partial charge in [0.05, 0.1) is 21.8 Å². The number of amides is 1. The van der Waals surface area contributed by atoms with E-state index >= 15 is 0 Å². The number of rotatable bonds is 3. The Morgan fingerprint density at radius 2 is 1.78 bits per heavy atom. The Kier molecular flexibility index (Phi) is 5.19. The molecule has 0 aliphatic carbocycles. The van der Waals surface area contributed by atoms with Crippen LogP contribution in [0.1, 0.15) is 40.8 Å². The molecule has 3 heterocycles. The molecule has 2 aliphatic rings. The molecule has 1 saturated heterocycles. The summed E-state index contributed by atoms with van der Waals surface area (Å²) in [5, 5.41) is 11.9. The van der Waals surface area contributed by atoms with Crippen molar-refractivity contribution in [3.8, 4) is 5.75 Å². The van der Waals surface area contributed by atoms with Gasteiger partial charge in [0.25, 0.3) is 5.78 Å². The molecular formula is C29H24N2O4S. The number of fused-ring (bicyclic) bond motifs is 2. The molecule has 0 unspecified atom stereocenters. The smallest absolute Gasteiger partial charge is 0.301 e. The summed E-state index contributed by atoms with van der Waals surface area (Å²) in [6.07, 6.45) is 0.773. The molecule has 6 rings (SSSR count). The van der Waals surface area contributed by atoms with E-state index in [0.717, 1.165) is 44.6 Å². The quantitative estimate of drug-likeness (QED) is 0.218. The fourth-order valence-electron chi connectivity index (χ4n) is 4.94. The monoisotopic (exact) mass is 496 g/mol. The molecule has 1 N–H and O–H groups in total. The lowest BCUT2D eigenvalue weighted by Crippen LogP contribution is -2.29. The number of hydrogen-bond acceptors (Lipinski definition) is 6. The highest BCUT2D eigenvalue weighted by Gasteiger charge is 2.48. The number of carbonyl (C=O) groups excluding carboxylic acids is 2. The van der Waals surface area contributed by atoms with Gasteiger partial charge in [0.2, 0.25) is 0 Å². The van der Waals surface area contributed by atoms with Gasteiger partial charge in [-0.05, 0) is 67.8 Å². The van der Waals surface area contributed by atoms with Crippen molar-refractivity contribution < 1.29 is 19.4 Å². The van der Waals surface area contributed by atoms with Crippen molar-refractivity contribution in [3.05, 3.63) is 94.1 Å². The highest BCUT2D eigenvalue weighted by molar-refractivity contribution is 7.22. The molecule has 1 fully saturated rings. The number of anilines is 1. The average molecular weight is 497 g/mol. The number of ether oxygens (including phenoxy) is 1. The van der Waals surface area contributed by atoms with Crippen LogP contribution in [0.2, 0.25) is 0 Å². The lowest BCUT2D eigenvalue weighted by Gasteiger charge is -2.23. The molecule has 180 valence electrons. The van der Waals surface area contributed by atoms with Crippen molar-refractivity contribution in [2.24, 2.45) is 0 Å². The van der Waals surface area contributed by atoms with Crippen LogP contribution in [0.25, 0.3) is 16.0 Å². The van der Waals surface area contributed by atoms with E-state index < -0.39 is 17.7 Å². The zero-order valence-electron chi connectivity index (χ0n) is 20.1. The fraction of sp³-hybridized carbons (Fsp3) is 0.207. The van der Waals surface area contributed by atoms with Gasteiger partial charge in [0.1, 0.15) is 17.6 Å². The minimum Gasteiger partial charge on any atom is -0.507 e. The Morgan fingerprint density at radius 1 is 1.03 bits per heavy atom. The van der Waals surface area contributed by atoms with E-state index in [0.29, 0.717) is 10.7 Å². The Bertz CT molecular complexity index is 1580. The number of nitrogens with zero attached hydrogens (tertiary/aromatic N) is 2. The summed E-state index contributed by atoms with van der Waals surface area (Å²) in [5.74, 6) is -0.838. The summed E-state index contributed by atoms with van der Waals surface area (Å²) < 4.78 is 6.72. The predicted octanol–water partition coefficient (Wildman–Crippen LogP) is 5.86. The van der Waals surface area contributed by atoms with Crippen molar-refractivity contribution in [1.82, 2.24) is 4.98 Å². The van der Waals surface area contributed by atoms with Gasteiger partial charge in [0, 0.05) is 12.0 Å². The van der Waals surface area contributed by atoms with Gasteiger partial charge in [-0.1, -0.05) is 47.2 Å². The largest absolute Gasteiger partial charge is 0.507 e. The highest BCUT2D eigenvalue weighted by Crippen LogP contribution is 2.45. The molecule has 0 bridgehead atoms. The molecule has 7 heteroatoms. The number of benzene rings is 3. The summed E-state index contributed by atoms with van der Waals surface area (Å²) in [4.78, 5) is 33.0. The Morgan fingerprint density at radius 3 is 2.56 bits per heavy atom. The van der Waals surface area contributed by atoms with Crippen LogP contribution in [0.5, 0.6) is 5.75 Å². The average Bonchev–Trinajstić information content (AvgIpc) is 3.51. The van der Waals surface area contributed by atoms with E-state index in [1.54, 1.807) is 12.1 Å². The summed E-state index contributed by atoms with van der Waals surface area (Å²) in [6, 6.07) is 18.1. The van der Waals surface area contributed by atoms with Crippen LogP contribution in [0.4, 0.5) is 5.13 Å². The van der Waals surface area contributed by atoms with Gasteiger partial charge in [0.15, 0.2) is 5.13 Å². The number of Topliss-reactive ketones (excluding diaryl/α,β-unsaturated/α-hetero) is 1. The highest BCUT2D eigenvalue weighted by atomic mass is 32.1. The van der Waals surface area contributed by atoms with Crippen LogP contribution in [0, 0.1) is 13.8 Å². The van der Waals surface area contributed by atoms with E-state index in [4.69, 9.17) is 4.74 Å². The first-order valence-corrected chi connectivity index (χ1v) is 12.7. The zero-order chi connectivity index (χ0) is 25.1. The number of aliphatic hydroxyl groups excluding tert-OH is 1. The molecule has 2 aliphatic heterocycles. The number of aromatic nitrogens is 1. The summed E-state index contributed by atoms with van der Waals surface area (Å²) >= 11 is 1.36. The maximum atomic E-state index is 13.5. The molecule has 1 aromatic heterocycles. The topological polar surface area (TPSA) is 79.7 Å². The first-order chi connectivity index (χ1) is 17.3. The van der Waals surface area contributed by atoms with Crippen molar-refractivity contribution in [3.63, 3.8) is 0 Å². The van der Waals surface area contributed by atoms with Crippen molar-refractivity contribution in [2.45, 2.75) is 39.3 Å². The number of carbonyl (C=O) groups is 2. The SMILES string of the molecule is Cc1ccc([C@H]2/C(=C(\O)c3ccc4c(c3)C[C@H](C)O4)C(=O)C(=O)N2c2nc3ccc(C)cc3s2)cc1. The number of ketones is 1. The maximum Gasteiger partial charge on any atom is 0.301 e. The molecule has 1 amide bonds. The lowest BCUT2D eigenvalue weighted by molar-refractivity contribution is -0.132. The summed E-state index contributed by atoms with van der Waals surface area (Å²) in [6.45, 7) is 5.96. The maximum absolute atomic E-state index is 13.5. The predicted molar refractivity (Wildman–Crippen MR) is 141 cm³/mol. The zero-order valence-corrected chi connectivity index (χ0v) is 20.9. The van der Waals surface area contributed by atoms with Crippen molar-refractivity contribution >= 4 is 44.1 Å².